The second kappa shape index (κ2) is 14.6. The van der Waals surface area contributed by atoms with Crippen molar-refractivity contribution in [2.75, 3.05) is 9.71 Å². The zero-order valence-electron chi connectivity index (χ0n) is 43.0. The molecule has 7 aromatic carbocycles. The van der Waals surface area contributed by atoms with Crippen molar-refractivity contribution in [2.45, 2.75) is 154 Å². The van der Waals surface area contributed by atoms with Crippen molar-refractivity contribution in [3.63, 3.8) is 0 Å². The summed E-state index contributed by atoms with van der Waals surface area (Å²) >= 11 is 0. The van der Waals surface area contributed by atoms with Gasteiger partial charge in [0.2, 0.25) is 0 Å². The van der Waals surface area contributed by atoms with Gasteiger partial charge < -0.3 is 9.71 Å². The smallest absolute Gasteiger partial charge is 0.333 e. The van der Waals surface area contributed by atoms with Crippen LogP contribution in [0.5, 0.6) is 0 Å². The molecule has 0 N–H and O–H groups in total. The largest absolute Gasteiger partial charge is 0.376 e. The summed E-state index contributed by atoms with van der Waals surface area (Å²) in [6.45, 7) is 25.0. The number of hydrogen-bond donors (Lipinski definition) is 0. The molecule has 2 nitrogen and oxygen atoms in total. The Balaban J connectivity index is 1.18. The van der Waals surface area contributed by atoms with E-state index in [9.17, 15) is 0 Å². The maximum atomic E-state index is 2.94. The summed E-state index contributed by atoms with van der Waals surface area (Å²) in [7, 11) is 0. The zero-order valence-corrected chi connectivity index (χ0v) is 43.0. The molecule has 6 aliphatic rings. The van der Waals surface area contributed by atoms with E-state index in [2.05, 4.69) is 206 Å². The second-order valence-corrected chi connectivity index (χ2v) is 24.5. The molecular weight excluding hydrogens is 832 g/mol. The summed E-state index contributed by atoms with van der Waals surface area (Å²) in [6, 6.07) is 50.6. The van der Waals surface area contributed by atoms with Crippen LogP contribution in [-0.4, -0.2) is 12.4 Å². The van der Waals surface area contributed by atoms with Gasteiger partial charge in [0.25, 0.3) is 0 Å². The van der Waals surface area contributed by atoms with E-state index in [1.807, 2.05) is 0 Å². The summed E-state index contributed by atoms with van der Waals surface area (Å²) in [4.78, 5) is 5.79. The van der Waals surface area contributed by atoms with Crippen molar-refractivity contribution in [2.24, 2.45) is 0 Å². The van der Waals surface area contributed by atoms with Crippen molar-refractivity contribution in [3.8, 4) is 44.5 Å². The van der Waals surface area contributed by atoms with Crippen LogP contribution in [0.4, 0.5) is 22.7 Å². The third-order valence-corrected chi connectivity index (χ3v) is 19.2. The Morgan fingerprint density at radius 3 is 1.93 bits per heavy atom. The normalized spacial score (nSPS) is 22.3. The molecule has 0 bridgehead atoms. The molecule has 3 aliphatic heterocycles. The average molecular weight is 901 g/mol. The first kappa shape index (κ1) is 43.2. The Morgan fingerprint density at radius 1 is 0.522 bits per heavy atom. The number of aryl methyl sites for hydroxylation is 2. The standard InChI is InChI=1S/C66H69BN2/c1-11-12-21-42-36-53-61-54(37-42)67-60-48(34-41(2)35-57(60)68(61)66(10)31-20-19-30-65(53,66)9)59-56(69(67)55-28-26-45(43-22-15-13-16-23-43)38-46(55)44-24-17-14-18-25-44)29-27-49-58(59)47-39-51-52(40-50(47)64(49,7)8)63(5,6)33-32-62(51,3)4/h13-18,22-29,34-40H,11-12,19-21,30-33H2,1-10H3. The predicted molar refractivity (Wildman–Crippen MR) is 295 cm³/mol. The molecule has 69 heavy (non-hydrogen) atoms. The van der Waals surface area contributed by atoms with Gasteiger partial charge in [0, 0.05) is 44.7 Å². The quantitative estimate of drug-likeness (QED) is 0.153. The lowest BCUT2D eigenvalue weighted by molar-refractivity contribution is 0.195. The Bertz CT molecular complexity index is 3300. The fourth-order valence-electron chi connectivity index (χ4n) is 15.1. The van der Waals surface area contributed by atoms with Gasteiger partial charge in [0.05, 0.1) is 5.54 Å². The van der Waals surface area contributed by atoms with Crippen LogP contribution in [0.2, 0.25) is 0 Å². The lowest BCUT2D eigenvalue weighted by Crippen LogP contribution is -2.64. The maximum absolute atomic E-state index is 2.94. The molecule has 0 spiro atoms. The van der Waals surface area contributed by atoms with E-state index in [0.29, 0.717) is 0 Å². The van der Waals surface area contributed by atoms with Crippen molar-refractivity contribution in [1.29, 1.82) is 0 Å². The number of anilines is 4. The first-order valence-electron chi connectivity index (χ1n) is 26.6. The van der Waals surface area contributed by atoms with E-state index in [-0.39, 0.29) is 34.0 Å². The van der Waals surface area contributed by atoms with E-state index in [0.717, 1.165) is 6.42 Å². The molecule has 2 unspecified atom stereocenters. The minimum absolute atomic E-state index is 0.0257. The van der Waals surface area contributed by atoms with E-state index in [1.165, 1.54) is 152 Å². The lowest BCUT2D eigenvalue weighted by Gasteiger charge is -2.53. The van der Waals surface area contributed by atoms with Gasteiger partial charge in [-0.15, -0.1) is 0 Å². The number of nitrogens with zero attached hydrogens (tertiary/aromatic N) is 2. The van der Waals surface area contributed by atoms with Gasteiger partial charge in [-0.3, -0.25) is 0 Å². The van der Waals surface area contributed by atoms with Crippen LogP contribution in [0.15, 0.2) is 127 Å². The SMILES string of the molecule is CCCCc1cc2c3c(c1)C1(C)CCCCC1(C)N3c1cc(C)cc3c1B2N(c1ccc(-c2ccccc2)cc1-c1ccccc1)c1ccc2c(c1-3)-c1cc3c(cc1C2(C)C)C(C)(C)CCC3(C)C. The van der Waals surface area contributed by atoms with E-state index >= 15 is 0 Å². The van der Waals surface area contributed by atoms with Crippen LogP contribution in [0.3, 0.4) is 0 Å². The molecule has 1 saturated carbocycles. The van der Waals surface area contributed by atoms with Gasteiger partial charge in [-0.05, 0) is 177 Å². The molecule has 3 aliphatic carbocycles. The van der Waals surface area contributed by atoms with Crippen molar-refractivity contribution >= 4 is 40.5 Å². The first-order valence-corrected chi connectivity index (χ1v) is 26.6. The van der Waals surface area contributed by atoms with Gasteiger partial charge >= 0.3 is 6.85 Å². The minimum atomic E-state index is -0.160. The molecule has 0 radical (unpaired) electrons. The highest BCUT2D eigenvalue weighted by molar-refractivity contribution is 6.93. The summed E-state index contributed by atoms with van der Waals surface area (Å²) in [5, 5.41) is 0. The van der Waals surface area contributed by atoms with E-state index in [1.54, 1.807) is 16.7 Å². The molecule has 7 aromatic rings. The molecule has 13 rings (SSSR count). The lowest BCUT2D eigenvalue weighted by atomic mass is 9.43. The topological polar surface area (TPSA) is 6.48 Å². The van der Waals surface area contributed by atoms with Crippen LogP contribution in [0.25, 0.3) is 44.5 Å². The Hall–Kier alpha value is -5.80. The maximum Gasteiger partial charge on any atom is 0.333 e. The molecule has 0 saturated heterocycles. The molecule has 2 atom stereocenters. The number of unbranched alkanes of at least 4 members (excludes halogenated alkanes) is 1. The highest BCUT2D eigenvalue weighted by Gasteiger charge is 2.62. The molecule has 0 aromatic heterocycles. The summed E-state index contributed by atoms with van der Waals surface area (Å²) in [5.41, 5.74) is 29.8. The van der Waals surface area contributed by atoms with E-state index < -0.39 is 0 Å². The monoisotopic (exact) mass is 901 g/mol. The Morgan fingerprint density at radius 2 is 1.20 bits per heavy atom. The van der Waals surface area contributed by atoms with E-state index in [4.69, 9.17) is 0 Å². The van der Waals surface area contributed by atoms with Gasteiger partial charge in [-0.25, -0.2) is 0 Å². The van der Waals surface area contributed by atoms with Gasteiger partial charge in [0.1, 0.15) is 0 Å². The summed E-state index contributed by atoms with van der Waals surface area (Å²) in [6.07, 6.45) is 10.9. The highest BCUT2D eigenvalue weighted by atomic mass is 15.3. The fourth-order valence-corrected chi connectivity index (χ4v) is 15.1. The number of benzene rings is 7. The van der Waals surface area contributed by atoms with Gasteiger partial charge in [0.15, 0.2) is 0 Å². The third kappa shape index (κ3) is 5.80. The number of hydrogen-bond acceptors (Lipinski definition) is 2. The molecule has 0 amide bonds. The highest BCUT2D eigenvalue weighted by Crippen LogP contribution is 2.64. The van der Waals surface area contributed by atoms with Crippen molar-refractivity contribution in [3.05, 3.63) is 166 Å². The molecule has 1 fully saturated rings. The Labute approximate surface area is 413 Å². The number of rotatable bonds is 6. The van der Waals surface area contributed by atoms with Crippen LogP contribution in [-0.2, 0) is 28.1 Å². The van der Waals surface area contributed by atoms with Crippen molar-refractivity contribution in [1.82, 2.24) is 0 Å². The average Bonchev–Trinajstić information content (AvgIpc) is 3.70. The molecule has 346 valence electrons. The molecule has 3 heteroatoms. The van der Waals surface area contributed by atoms with Crippen LogP contribution in [0, 0.1) is 6.92 Å². The van der Waals surface area contributed by atoms with Crippen molar-refractivity contribution < 1.29 is 0 Å². The number of fused-ring (bicyclic) bond motifs is 12. The minimum Gasteiger partial charge on any atom is -0.376 e. The van der Waals surface area contributed by atoms with Crippen LogP contribution >= 0.6 is 0 Å². The Kier molecular flexibility index (Phi) is 9.17. The third-order valence-electron chi connectivity index (χ3n) is 19.2. The van der Waals surface area contributed by atoms with Gasteiger partial charge in [-0.1, -0.05) is 172 Å². The second-order valence-electron chi connectivity index (χ2n) is 24.5. The zero-order chi connectivity index (χ0) is 47.6. The predicted octanol–water partition coefficient (Wildman–Crippen LogP) is 16.3. The summed E-state index contributed by atoms with van der Waals surface area (Å²) < 4.78 is 0. The molecular formula is C66H69BN2. The van der Waals surface area contributed by atoms with Crippen LogP contribution < -0.4 is 20.6 Å². The van der Waals surface area contributed by atoms with Gasteiger partial charge in [-0.2, -0.15) is 0 Å². The molecule has 3 heterocycles. The fraction of sp³-hybridized carbons (Fsp3) is 0.364. The van der Waals surface area contributed by atoms with Crippen LogP contribution in [0.1, 0.15) is 153 Å². The summed E-state index contributed by atoms with van der Waals surface area (Å²) in [5.74, 6) is 0. The first-order chi connectivity index (χ1) is 33.1.